The Morgan fingerprint density at radius 2 is 2.38 bits per heavy atom. The molecule has 0 spiro atoms. The summed E-state index contributed by atoms with van der Waals surface area (Å²) in [6, 6.07) is 4.20. The minimum Gasteiger partial charge on any atom is -0.349 e. The van der Waals surface area contributed by atoms with Crippen LogP contribution in [0.2, 0.25) is 0 Å². The van der Waals surface area contributed by atoms with E-state index < -0.39 is 0 Å². The van der Waals surface area contributed by atoms with Gasteiger partial charge in [0.1, 0.15) is 5.82 Å². The van der Waals surface area contributed by atoms with E-state index in [2.05, 4.69) is 27.8 Å². The topological polar surface area (TPSA) is 29.1 Å². The van der Waals surface area contributed by atoms with Crippen molar-refractivity contribution < 1.29 is 9.18 Å². The Morgan fingerprint density at radius 1 is 1.69 bits per heavy atom. The average Bonchev–Trinajstić information content (AvgIpc) is 2.22. The fourth-order valence-corrected chi connectivity index (χ4v) is 1.63. The summed E-state index contributed by atoms with van der Waals surface area (Å²) in [5, 5.41) is 2.79. The summed E-state index contributed by atoms with van der Waals surface area (Å²) in [5.74, 6) is -0.592. The third kappa shape index (κ3) is 3.45. The van der Waals surface area contributed by atoms with Crippen LogP contribution in [0.5, 0.6) is 0 Å². The summed E-state index contributed by atoms with van der Waals surface area (Å²) >= 11 is 3.04. The maximum absolute atomic E-state index is 13.0. The minimum absolute atomic E-state index is 0.0221. The lowest BCUT2D eigenvalue weighted by molar-refractivity contribution is 0.0940. The molecule has 1 atom stereocenters. The monoisotopic (exact) mass is 285 g/mol. The molecule has 0 heterocycles. The molecule has 1 aromatic carbocycles. The zero-order valence-corrected chi connectivity index (χ0v) is 10.6. The van der Waals surface area contributed by atoms with Crippen LogP contribution in [0, 0.1) is 5.82 Å². The minimum atomic E-state index is -0.379. The largest absolute Gasteiger partial charge is 0.349 e. The van der Waals surface area contributed by atoms with Crippen LogP contribution < -0.4 is 5.32 Å². The number of benzene rings is 1. The molecule has 0 aliphatic heterocycles. The second-order valence-corrected chi connectivity index (χ2v) is 4.38. The van der Waals surface area contributed by atoms with Crippen molar-refractivity contribution >= 4 is 21.8 Å². The van der Waals surface area contributed by atoms with Gasteiger partial charge >= 0.3 is 0 Å². The fraction of sp³-hybridized carbons (Fsp3) is 0.250. The molecule has 1 rings (SSSR count). The van der Waals surface area contributed by atoms with Gasteiger partial charge in [-0.3, -0.25) is 4.79 Å². The quantitative estimate of drug-likeness (QED) is 0.845. The number of halogens is 2. The van der Waals surface area contributed by atoms with Crippen LogP contribution in [0.1, 0.15) is 23.7 Å². The summed E-state index contributed by atoms with van der Waals surface area (Å²) in [6.07, 6.45) is 2.44. The highest BCUT2D eigenvalue weighted by Crippen LogP contribution is 2.16. The molecule has 0 saturated carbocycles. The SMILES string of the molecule is C=CCC(C)NC(=O)c1ccc(F)c(Br)c1. The van der Waals surface area contributed by atoms with Crippen LogP contribution in [0.4, 0.5) is 4.39 Å². The molecule has 2 nitrogen and oxygen atoms in total. The van der Waals surface area contributed by atoms with E-state index in [-0.39, 0.29) is 22.2 Å². The summed E-state index contributed by atoms with van der Waals surface area (Å²) in [6.45, 7) is 5.49. The van der Waals surface area contributed by atoms with E-state index in [1.165, 1.54) is 18.2 Å². The van der Waals surface area contributed by atoms with Gasteiger partial charge in [-0.15, -0.1) is 6.58 Å². The van der Waals surface area contributed by atoms with Gasteiger partial charge in [0.05, 0.1) is 4.47 Å². The van der Waals surface area contributed by atoms with Crippen molar-refractivity contribution in [3.63, 3.8) is 0 Å². The smallest absolute Gasteiger partial charge is 0.251 e. The Balaban J connectivity index is 2.73. The molecule has 0 saturated heterocycles. The Bertz CT molecular complexity index is 406. The van der Waals surface area contributed by atoms with Crippen molar-refractivity contribution in [2.24, 2.45) is 0 Å². The van der Waals surface area contributed by atoms with Gasteiger partial charge in [0.15, 0.2) is 0 Å². The van der Waals surface area contributed by atoms with Gasteiger partial charge in [0.2, 0.25) is 0 Å². The first-order valence-corrected chi connectivity index (χ1v) is 5.70. The molecule has 86 valence electrons. The molecule has 4 heteroatoms. The zero-order chi connectivity index (χ0) is 12.1. The van der Waals surface area contributed by atoms with Crippen LogP contribution >= 0.6 is 15.9 Å². The highest BCUT2D eigenvalue weighted by atomic mass is 79.9. The predicted molar refractivity (Wildman–Crippen MR) is 65.8 cm³/mol. The Hall–Kier alpha value is -1.16. The molecule has 0 bridgehead atoms. The Kier molecular flexibility index (Phi) is 4.68. The number of hydrogen-bond donors (Lipinski definition) is 1. The van der Waals surface area contributed by atoms with Crippen LogP contribution in [0.3, 0.4) is 0 Å². The number of carbonyl (C=O) groups is 1. The summed E-state index contributed by atoms with van der Waals surface area (Å²) in [7, 11) is 0. The van der Waals surface area contributed by atoms with E-state index >= 15 is 0 Å². The highest BCUT2D eigenvalue weighted by Gasteiger charge is 2.10. The van der Waals surface area contributed by atoms with Gasteiger partial charge in [-0.2, -0.15) is 0 Å². The first-order valence-electron chi connectivity index (χ1n) is 4.91. The Labute approximate surface area is 103 Å². The molecular weight excluding hydrogens is 273 g/mol. The van der Waals surface area contributed by atoms with E-state index in [1.807, 2.05) is 6.92 Å². The normalized spacial score (nSPS) is 11.9. The predicted octanol–water partition coefficient (Wildman–Crippen LogP) is 3.28. The van der Waals surface area contributed by atoms with Gasteiger partial charge in [-0.05, 0) is 47.5 Å². The van der Waals surface area contributed by atoms with Crippen molar-refractivity contribution in [1.82, 2.24) is 5.32 Å². The van der Waals surface area contributed by atoms with Crippen molar-refractivity contribution in [2.75, 3.05) is 0 Å². The van der Waals surface area contributed by atoms with Gasteiger partial charge in [0.25, 0.3) is 5.91 Å². The highest BCUT2D eigenvalue weighted by molar-refractivity contribution is 9.10. The van der Waals surface area contributed by atoms with Crippen molar-refractivity contribution in [2.45, 2.75) is 19.4 Å². The second-order valence-electron chi connectivity index (χ2n) is 3.53. The second kappa shape index (κ2) is 5.80. The van der Waals surface area contributed by atoms with Crippen molar-refractivity contribution in [1.29, 1.82) is 0 Å². The summed E-state index contributed by atoms with van der Waals surface area (Å²) in [4.78, 5) is 11.7. The molecule has 0 fully saturated rings. The maximum Gasteiger partial charge on any atom is 0.251 e. The van der Waals surface area contributed by atoms with Gasteiger partial charge in [-0.25, -0.2) is 4.39 Å². The average molecular weight is 286 g/mol. The molecule has 0 aliphatic carbocycles. The third-order valence-electron chi connectivity index (χ3n) is 2.08. The Morgan fingerprint density at radius 3 is 2.94 bits per heavy atom. The third-order valence-corrected chi connectivity index (χ3v) is 2.69. The van der Waals surface area contributed by atoms with Crippen molar-refractivity contribution in [3.8, 4) is 0 Å². The molecule has 0 aromatic heterocycles. The fourth-order valence-electron chi connectivity index (χ4n) is 1.25. The van der Waals surface area contributed by atoms with Gasteiger partial charge in [0, 0.05) is 11.6 Å². The maximum atomic E-state index is 13.0. The number of nitrogens with one attached hydrogen (secondary N) is 1. The molecule has 1 unspecified atom stereocenters. The molecule has 1 N–H and O–H groups in total. The lowest BCUT2D eigenvalue weighted by Gasteiger charge is -2.11. The van der Waals surface area contributed by atoms with E-state index in [0.29, 0.717) is 12.0 Å². The first-order chi connectivity index (χ1) is 7.54. The van der Waals surface area contributed by atoms with Crippen LogP contribution in [-0.2, 0) is 0 Å². The summed E-state index contributed by atoms with van der Waals surface area (Å²) in [5.41, 5.74) is 0.434. The van der Waals surface area contributed by atoms with Crippen LogP contribution in [0.15, 0.2) is 35.3 Å². The van der Waals surface area contributed by atoms with Crippen molar-refractivity contribution in [3.05, 3.63) is 46.7 Å². The van der Waals surface area contributed by atoms with E-state index in [0.717, 1.165) is 0 Å². The molecular formula is C12H13BrFNO. The molecule has 0 radical (unpaired) electrons. The van der Waals surface area contributed by atoms with E-state index in [4.69, 9.17) is 0 Å². The van der Waals surface area contributed by atoms with Gasteiger partial charge in [-0.1, -0.05) is 6.08 Å². The standard InChI is InChI=1S/C12H13BrFNO/c1-3-4-8(2)15-12(16)9-5-6-11(14)10(13)7-9/h3,5-8H,1,4H2,2H3,(H,15,16). The van der Waals surface area contributed by atoms with E-state index in [1.54, 1.807) is 6.08 Å². The lowest BCUT2D eigenvalue weighted by Crippen LogP contribution is -2.32. The first kappa shape index (κ1) is 12.9. The molecule has 0 aliphatic rings. The summed E-state index contributed by atoms with van der Waals surface area (Å²) < 4.78 is 13.2. The number of amides is 1. The van der Waals surface area contributed by atoms with Gasteiger partial charge < -0.3 is 5.32 Å². The number of carbonyl (C=O) groups excluding carboxylic acids is 1. The number of rotatable bonds is 4. The zero-order valence-electron chi connectivity index (χ0n) is 8.97. The number of hydrogen-bond acceptors (Lipinski definition) is 1. The van der Waals surface area contributed by atoms with Crippen LogP contribution in [0.25, 0.3) is 0 Å². The molecule has 16 heavy (non-hydrogen) atoms. The van der Waals surface area contributed by atoms with Crippen LogP contribution in [-0.4, -0.2) is 11.9 Å². The van der Waals surface area contributed by atoms with E-state index in [9.17, 15) is 9.18 Å². The molecule has 1 amide bonds. The molecule has 1 aromatic rings. The lowest BCUT2D eigenvalue weighted by atomic mass is 10.2.